The van der Waals surface area contributed by atoms with E-state index >= 15 is 0 Å². The van der Waals surface area contributed by atoms with Crippen molar-refractivity contribution in [3.8, 4) is 11.8 Å². The normalized spacial score (nSPS) is 11.7. The standard InChI is InChI=1S/C30H31NO3/c1-3-20-34-29-7-5-4-6-27(29)17-14-24(11-8-23-9-12-26(22-31)13-10-23)21-25-15-18-28(19-16-25)30(32)33-2/h4-7,9-10,12-19,24H,3,8,11,20-21H2,1-2H3/b17-14+. The minimum Gasteiger partial charge on any atom is -0.493 e. The number of carbonyl (C=O) groups excluding carboxylic acids is 1. The summed E-state index contributed by atoms with van der Waals surface area (Å²) in [5, 5.41) is 9.04. The number of nitriles is 1. The first-order valence-corrected chi connectivity index (χ1v) is 11.7. The SMILES string of the molecule is CCCOc1ccccc1/C=C/C(CCc1ccc(C#N)cc1)Cc1ccc(C(=O)OC)cc1. The van der Waals surface area contributed by atoms with Gasteiger partial charge in [0.05, 0.1) is 30.9 Å². The molecule has 0 bridgehead atoms. The summed E-state index contributed by atoms with van der Waals surface area (Å²) in [6.45, 7) is 2.79. The highest BCUT2D eigenvalue weighted by molar-refractivity contribution is 5.89. The zero-order chi connectivity index (χ0) is 24.2. The zero-order valence-corrected chi connectivity index (χ0v) is 19.9. The highest BCUT2D eigenvalue weighted by Gasteiger charge is 2.10. The number of hydrogen-bond donors (Lipinski definition) is 0. The average molecular weight is 454 g/mol. The highest BCUT2D eigenvalue weighted by Crippen LogP contribution is 2.24. The molecule has 174 valence electrons. The van der Waals surface area contributed by atoms with E-state index in [1.165, 1.54) is 12.7 Å². The fourth-order valence-corrected chi connectivity index (χ4v) is 3.76. The zero-order valence-electron chi connectivity index (χ0n) is 19.9. The van der Waals surface area contributed by atoms with Crippen molar-refractivity contribution in [1.82, 2.24) is 0 Å². The second kappa shape index (κ2) is 13.0. The summed E-state index contributed by atoms with van der Waals surface area (Å²) in [4.78, 5) is 11.8. The monoisotopic (exact) mass is 453 g/mol. The highest BCUT2D eigenvalue weighted by atomic mass is 16.5. The van der Waals surface area contributed by atoms with Gasteiger partial charge in [-0.15, -0.1) is 0 Å². The van der Waals surface area contributed by atoms with E-state index in [9.17, 15) is 4.79 Å². The third-order valence-corrected chi connectivity index (χ3v) is 5.69. The van der Waals surface area contributed by atoms with Crippen molar-refractivity contribution in [2.75, 3.05) is 13.7 Å². The molecule has 1 unspecified atom stereocenters. The van der Waals surface area contributed by atoms with E-state index in [0.717, 1.165) is 42.6 Å². The summed E-state index contributed by atoms with van der Waals surface area (Å²) < 4.78 is 10.7. The number of ether oxygens (including phenoxy) is 2. The van der Waals surface area contributed by atoms with Gasteiger partial charge in [0.25, 0.3) is 0 Å². The summed E-state index contributed by atoms with van der Waals surface area (Å²) in [6, 6.07) is 25.7. The minimum atomic E-state index is -0.326. The Labute approximate surface area is 202 Å². The van der Waals surface area contributed by atoms with Gasteiger partial charge in [0.15, 0.2) is 0 Å². The molecule has 0 spiro atoms. The van der Waals surface area contributed by atoms with Gasteiger partial charge >= 0.3 is 5.97 Å². The molecule has 0 aliphatic rings. The van der Waals surface area contributed by atoms with Crippen LogP contribution >= 0.6 is 0 Å². The third kappa shape index (κ3) is 7.35. The molecule has 4 nitrogen and oxygen atoms in total. The third-order valence-electron chi connectivity index (χ3n) is 5.69. The van der Waals surface area contributed by atoms with E-state index in [-0.39, 0.29) is 5.97 Å². The minimum absolute atomic E-state index is 0.291. The van der Waals surface area contributed by atoms with Gasteiger partial charge in [0.1, 0.15) is 5.75 Å². The van der Waals surface area contributed by atoms with Crippen molar-refractivity contribution in [3.63, 3.8) is 0 Å². The maximum absolute atomic E-state index is 11.8. The Kier molecular flexibility index (Phi) is 9.49. The van der Waals surface area contributed by atoms with Crippen molar-refractivity contribution in [1.29, 1.82) is 5.26 Å². The lowest BCUT2D eigenvalue weighted by Crippen LogP contribution is -2.05. The van der Waals surface area contributed by atoms with Crippen LogP contribution in [0.4, 0.5) is 0 Å². The van der Waals surface area contributed by atoms with Gasteiger partial charge in [-0.3, -0.25) is 0 Å². The second-order valence-corrected chi connectivity index (χ2v) is 8.25. The van der Waals surface area contributed by atoms with Crippen molar-refractivity contribution in [2.24, 2.45) is 5.92 Å². The molecule has 0 aromatic heterocycles. The molecule has 0 radical (unpaired) electrons. The number of carbonyl (C=O) groups is 1. The summed E-state index contributed by atoms with van der Waals surface area (Å²) in [5.74, 6) is 0.861. The van der Waals surface area contributed by atoms with Crippen molar-refractivity contribution < 1.29 is 14.3 Å². The van der Waals surface area contributed by atoms with Gasteiger partial charge in [-0.25, -0.2) is 4.79 Å². The van der Waals surface area contributed by atoms with E-state index in [1.54, 1.807) is 0 Å². The van der Waals surface area contributed by atoms with E-state index in [4.69, 9.17) is 14.7 Å². The van der Waals surface area contributed by atoms with E-state index in [0.29, 0.717) is 23.7 Å². The van der Waals surface area contributed by atoms with Crippen molar-refractivity contribution >= 4 is 12.0 Å². The Morgan fingerprint density at radius 1 is 1.00 bits per heavy atom. The van der Waals surface area contributed by atoms with Crippen LogP contribution < -0.4 is 4.74 Å². The molecule has 0 N–H and O–H groups in total. The van der Waals surface area contributed by atoms with Crippen LogP contribution in [-0.4, -0.2) is 19.7 Å². The Hall–Kier alpha value is -3.84. The smallest absolute Gasteiger partial charge is 0.337 e. The number of benzene rings is 3. The van der Waals surface area contributed by atoms with Crippen molar-refractivity contribution in [3.05, 3.63) is 107 Å². The van der Waals surface area contributed by atoms with Gasteiger partial charge in [-0.2, -0.15) is 5.26 Å². The van der Waals surface area contributed by atoms with Crippen LogP contribution in [0.25, 0.3) is 6.08 Å². The Bertz CT molecular complexity index is 1120. The number of methoxy groups -OCH3 is 1. The number of esters is 1. The number of hydrogen-bond acceptors (Lipinski definition) is 4. The Balaban J connectivity index is 1.77. The number of allylic oxidation sites excluding steroid dienone is 1. The first-order chi connectivity index (χ1) is 16.6. The summed E-state index contributed by atoms with van der Waals surface area (Å²) in [6.07, 6.45) is 8.09. The van der Waals surface area contributed by atoms with E-state index < -0.39 is 0 Å². The number of rotatable bonds is 11. The summed E-state index contributed by atoms with van der Waals surface area (Å²) in [5.41, 5.74) is 4.68. The molecule has 0 heterocycles. The number of nitrogens with zero attached hydrogens (tertiary/aromatic N) is 1. The Morgan fingerprint density at radius 2 is 1.71 bits per heavy atom. The molecule has 0 saturated heterocycles. The second-order valence-electron chi connectivity index (χ2n) is 8.25. The summed E-state index contributed by atoms with van der Waals surface area (Å²) in [7, 11) is 1.39. The van der Waals surface area contributed by atoms with Crippen LogP contribution in [0.1, 0.15) is 52.4 Å². The molecular weight excluding hydrogens is 422 g/mol. The maximum Gasteiger partial charge on any atom is 0.337 e. The van der Waals surface area contributed by atoms with E-state index in [1.807, 2.05) is 66.7 Å². The lowest BCUT2D eigenvalue weighted by molar-refractivity contribution is 0.0600. The van der Waals surface area contributed by atoms with Crippen LogP contribution in [0.5, 0.6) is 5.75 Å². The molecule has 3 aromatic carbocycles. The fraction of sp³-hybridized carbons (Fsp3) is 0.267. The molecule has 0 saturated carbocycles. The van der Waals surface area contributed by atoms with Gasteiger partial charge in [0.2, 0.25) is 0 Å². The van der Waals surface area contributed by atoms with Gasteiger partial charge in [-0.05, 0) is 73.1 Å². The molecular formula is C30H31NO3. The fourth-order valence-electron chi connectivity index (χ4n) is 3.76. The largest absolute Gasteiger partial charge is 0.493 e. The number of aryl methyl sites for hydroxylation is 1. The molecule has 0 aliphatic carbocycles. The molecule has 34 heavy (non-hydrogen) atoms. The molecule has 1 atom stereocenters. The first-order valence-electron chi connectivity index (χ1n) is 11.7. The number of para-hydroxylation sites is 1. The molecule has 3 aromatic rings. The Morgan fingerprint density at radius 3 is 2.38 bits per heavy atom. The van der Waals surface area contributed by atoms with Crippen LogP contribution in [-0.2, 0) is 17.6 Å². The van der Waals surface area contributed by atoms with Crippen molar-refractivity contribution in [2.45, 2.75) is 32.6 Å². The van der Waals surface area contributed by atoms with Crippen LogP contribution in [0, 0.1) is 17.2 Å². The van der Waals surface area contributed by atoms with Crippen LogP contribution in [0.15, 0.2) is 78.9 Å². The quantitative estimate of drug-likeness (QED) is 0.305. The van der Waals surface area contributed by atoms with E-state index in [2.05, 4.69) is 31.2 Å². The molecule has 4 heteroatoms. The molecule has 0 amide bonds. The summed E-state index contributed by atoms with van der Waals surface area (Å²) >= 11 is 0. The molecule has 0 aliphatic heterocycles. The molecule has 3 rings (SSSR count). The van der Waals surface area contributed by atoms with Gasteiger partial charge in [-0.1, -0.05) is 61.5 Å². The predicted octanol–water partition coefficient (Wildman–Crippen LogP) is 6.64. The first kappa shape index (κ1) is 24.8. The van der Waals surface area contributed by atoms with Gasteiger partial charge in [0, 0.05) is 5.56 Å². The van der Waals surface area contributed by atoms with Crippen LogP contribution in [0.2, 0.25) is 0 Å². The predicted molar refractivity (Wildman–Crippen MR) is 136 cm³/mol. The topological polar surface area (TPSA) is 59.3 Å². The lowest BCUT2D eigenvalue weighted by atomic mass is 9.91. The maximum atomic E-state index is 11.8. The average Bonchev–Trinajstić information content (AvgIpc) is 2.89. The molecule has 0 fully saturated rings. The van der Waals surface area contributed by atoms with Gasteiger partial charge < -0.3 is 9.47 Å². The van der Waals surface area contributed by atoms with Crippen LogP contribution in [0.3, 0.4) is 0 Å². The lowest BCUT2D eigenvalue weighted by Gasteiger charge is -2.14.